The Morgan fingerprint density at radius 1 is 1.05 bits per heavy atom. The molecule has 0 aliphatic carbocycles. The zero-order valence-corrected chi connectivity index (χ0v) is 13.1. The predicted octanol–water partition coefficient (Wildman–Crippen LogP) is 3.24. The third kappa shape index (κ3) is 3.47. The van der Waals surface area contributed by atoms with Crippen molar-refractivity contribution < 1.29 is 0 Å². The third-order valence-corrected chi connectivity index (χ3v) is 4.54. The van der Waals surface area contributed by atoms with Crippen molar-refractivity contribution in [2.24, 2.45) is 0 Å². The molecule has 1 aromatic heterocycles. The molecule has 0 bridgehead atoms. The highest BCUT2D eigenvalue weighted by Gasteiger charge is 2.11. The quantitative estimate of drug-likeness (QED) is 0.879. The van der Waals surface area contributed by atoms with E-state index in [0.717, 1.165) is 19.6 Å². The van der Waals surface area contributed by atoms with Crippen LogP contribution in [-0.2, 0) is 13.1 Å². The van der Waals surface area contributed by atoms with Gasteiger partial charge >= 0.3 is 0 Å². The van der Waals surface area contributed by atoms with Gasteiger partial charge in [0, 0.05) is 36.7 Å². The maximum atomic E-state index is 3.45. The second kappa shape index (κ2) is 7.10. The summed E-state index contributed by atoms with van der Waals surface area (Å²) in [6.07, 6.45) is 6.50. The molecule has 1 saturated heterocycles. The van der Waals surface area contributed by atoms with Crippen molar-refractivity contribution in [1.82, 2.24) is 14.8 Å². The molecule has 0 unspecified atom stereocenters. The summed E-state index contributed by atoms with van der Waals surface area (Å²) < 4.78 is 2.44. The molecule has 3 rings (SSSR count). The molecular formula is C18H27N3. The number of rotatable bonds is 6. The number of hydrogen-bond acceptors (Lipinski definition) is 2. The zero-order chi connectivity index (χ0) is 14.5. The molecule has 0 radical (unpaired) electrons. The van der Waals surface area contributed by atoms with Gasteiger partial charge in [-0.05, 0) is 44.1 Å². The first-order valence-corrected chi connectivity index (χ1v) is 8.38. The Labute approximate surface area is 127 Å². The summed E-state index contributed by atoms with van der Waals surface area (Å²) in [5.41, 5.74) is 2.80. The molecule has 1 aliphatic rings. The summed E-state index contributed by atoms with van der Waals surface area (Å²) in [6.45, 7) is 9.00. The van der Waals surface area contributed by atoms with Gasteiger partial charge in [-0.25, -0.2) is 0 Å². The average molecular weight is 285 g/mol. The summed E-state index contributed by atoms with van der Waals surface area (Å²) in [5, 5.41) is 4.85. The van der Waals surface area contributed by atoms with Crippen LogP contribution in [0.2, 0.25) is 0 Å². The molecule has 114 valence electrons. The SMILES string of the molecule is CCNCc1cn(CCN2CCCCC2)c2ccccc12. The number of aromatic nitrogens is 1. The Morgan fingerprint density at radius 3 is 2.67 bits per heavy atom. The van der Waals surface area contributed by atoms with Crippen molar-refractivity contribution in [3.8, 4) is 0 Å². The lowest BCUT2D eigenvalue weighted by molar-refractivity contribution is 0.221. The van der Waals surface area contributed by atoms with Gasteiger partial charge in [-0.15, -0.1) is 0 Å². The highest BCUT2D eigenvalue weighted by atomic mass is 15.1. The van der Waals surface area contributed by atoms with Crippen LogP contribution in [0.5, 0.6) is 0 Å². The highest BCUT2D eigenvalue weighted by Crippen LogP contribution is 2.21. The molecule has 2 heterocycles. The zero-order valence-electron chi connectivity index (χ0n) is 13.1. The van der Waals surface area contributed by atoms with Crippen LogP contribution in [0.3, 0.4) is 0 Å². The fraction of sp³-hybridized carbons (Fsp3) is 0.556. The van der Waals surface area contributed by atoms with E-state index in [4.69, 9.17) is 0 Å². The molecule has 0 spiro atoms. The molecule has 21 heavy (non-hydrogen) atoms. The number of nitrogens with one attached hydrogen (secondary N) is 1. The lowest BCUT2D eigenvalue weighted by Crippen LogP contribution is -2.32. The Morgan fingerprint density at radius 2 is 1.86 bits per heavy atom. The average Bonchev–Trinajstić information content (AvgIpc) is 2.90. The van der Waals surface area contributed by atoms with E-state index in [0.29, 0.717) is 0 Å². The van der Waals surface area contributed by atoms with Crippen LogP contribution < -0.4 is 5.32 Å². The van der Waals surface area contributed by atoms with Gasteiger partial charge in [-0.1, -0.05) is 31.5 Å². The Bertz CT molecular complexity index is 567. The first kappa shape index (κ1) is 14.6. The molecule has 3 nitrogen and oxygen atoms in total. The van der Waals surface area contributed by atoms with Gasteiger partial charge in [0.25, 0.3) is 0 Å². The second-order valence-corrected chi connectivity index (χ2v) is 6.05. The van der Waals surface area contributed by atoms with Gasteiger partial charge in [-0.2, -0.15) is 0 Å². The van der Waals surface area contributed by atoms with Crippen molar-refractivity contribution in [2.75, 3.05) is 26.2 Å². The lowest BCUT2D eigenvalue weighted by atomic mass is 10.1. The van der Waals surface area contributed by atoms with Gasteiger partial charge in [0.15, 0.2) is 0 Å². The minimum Gasteiger partial charge on any atom is -0.346 e. The number of benzene rings is 1. The normalized spacial score (nSPS) is 16.6. The maximum absolute atomic E-state index is 3.45. The van der Waals surface area contributed by atoms with Crippen LogP contribution >= 0.6 is 0 Å². The van der Waals surface area contributed by atoms with Gasteiger partial charge in [0.2, 0.25) is 0 Å². The van der Waals surface area contributed by atoms with E-state index in [-0.39, 0.29) is 0 Å². The van der Waals surface area contributed by atoms with Crippen LogP contribution in [0.15, 0.2) is 30.5 Å². The fourth-order valence-electron chi connectivity index (χ4n) is 3.34. The standard InChI is InChI=1S/C18H27N3/c1-2-19-14-16-15-21(18-9-5-4-8-17(16)18)13-12-20-10-6-3-7-11-20/h4-5,8-9,15,19H,2-3,6-7,10-14H2,1H3. The van der Waals surface area contributed by atoms with E-state index in [1.807, 2.05) is 0 Å². The van der Waals surface area contributed by atoms with Gasteiger partial charge in [-0.3, -0.25) is 0 Å². The molecule has 0 amide bonds. The summed E-state index contributed by atoms with van der Waals surface area (Å²) >= 11 is 0. The summed E-state index contributed by atoms with van der Waals surface area (Å²) in [4.78, 5) is 2.61. The first-order valence-electron chi connectivity index (χ1n) is 8.38. The Balaban J connectivity index is 1.74. The number of hydrogen-bond donors (Lipinski definition) is 1. The van der Waals surface area contributed by atoms with Gasteiger partial charge < -0.3 is 14.8 Å². The Kier molecular flexibility index (Phi) is 4.94. The maximum Gasteiger partial charge on any atom is 0.0484 e. The summed E-state index contributed by atoms with van der Waals surface area (Å²) in [6, 6.07) is 8.80. The van der Waals surface area contributed by atoms with Crippen LogP contribution in [0, 0.1) is 0 Å². The molecule has 2 aromatic rings. The van der Waals surface area contributed by atoms with Gasteiger partial charge in [0.05, 0.1) is 0 Å². The Hall–Kier alpha value is -1.32. The van der Waals surface area contributed by atoms with E-state index in [1.54, 1.807) is 0 Å². The van der Waals surface area contributed by atoms with Crippen molar-refractivity contribution in [2.45, 2.75) is 39.3 Å². The van der Waals surface area contributed by atoms with Crippen LogP contribution in [0.1, 0.15) is 31.7 Å². The molecule has 1 N–H and O–H groups in total. The highest BCUT2D eigenvalue weighted by molar-refractivity contribution is 5.83. The van der Waals surface area contributed by atoms with Crippen LogP contribution in [-0.4, -0.2) is 35.6 Å². The largest absolute Gasteiger partial charge is 0.346 e. The second-order valence-electron chi connectivity index (χ2n) is 6.05. The summed E-state index contributed by atoms with van der Waals surface area (Å²) in [5.74, 6) is 0. The van der Waals surface area contributed by atoms with Gasteiger partial charge in [0.1, 0.15) is 0 Å². The van der Waals surface area contributed by atoms with E-state index in [1.165, 1.54) is 55.4 Å². The topological polar surface area (TPSA) is 20.2 Å². The number of piperidine rings is 1. The van der Waals surface area contributed by atoms with E-state index < -0.39 is 0 Å². The molecule has 1 aromatic carbocycles. The van der Waals surface area contributed by atoms with Crippen molar-refractivity contribution >= 4 is 10.9 Å². The molecular weight excluding hydrogens is 258 g/mol. The van der Waals surface area contributed by atoms with Crippen LogP contribution in [0.4, 0.5) is 0 Å². The summed E-state index contributed by atoms with van der Waals surface area (Å²) in [7, 11) is 0. The predicted molar refractivity (Wildman–Crippen MR) is 89.6 cm³/mol. The van der Waals surface area contributed by atoms with Crippen molar-refractivity contribution in [3.63, 3.8) is 0 Å². The molecule has 0 saturated carbocycles. The van der Waals surface area contributed by atoms with Crippen molar-refractivity contribution in [3.05, 3.63) is 36.0 Å². The number of para-hydroxylation sites is 1. The van der Waals surface area contributed by atoms with Crippen LogP contribution in [0.25, 0.3) is 10.9 Å². The number of fused-ring (bicyclic) bond motifs is 1. The smallest absolute Gasteiger partial charge is 0.0484 e. The van der Waals surface area contributed by atoms with E-state index in [2.05, 4.69) is 52.2 Å². The lowest BCUT2D eigenvalue weighted by Gasteiger charge is -2.26. The third-order valence-electron chi connectivity index (χ3n) is 4.54. The minimum atomic E-state index is 0.966. The first-order chi connectivity index (χ1) is 10.4. The number of nitrogens with zero attached hydrogens (tertiary/aromatic N) is 2. The minimum absolute atomic E-state index is 0.966. The molecule has 1 aliphatic heterocycles. The molecule has 1 fully saturated rings. The fourth-order valence-corrected chi connectivity index (χ4v) is 3.34. The number of likely N-dealkylation sites (tertiary alicyclic amines) is 1. The van der Waals surface area contributed by atoms with E-state index in [9.17, 15) is 0 Å². The molecule has 0 atom stereocenters. The molecule has 3 heteroatoms. The monoisotopic (exact) mass is 285 g/mol. The van der Waals surface area contributed by atoms with E-state index >= 15 is 0 Å². The van der Waals surface area contributed by atoms with Crippen molar-refractivity contribution in [1.29, 1.82) is 0 Å².